The van der Waals surface area contributed by atoms with Crippen molar-refractivity contribution in [2.75, 3.05) is 5.32 Å². The van der Waals surface area contributed by atoms with Crippen LogP contribution in [-0.2, 0) is 6.54 Å². The predicted octanol–water partition coefficient (Wildman–Crippen LogP) is 3.57. The molecule has 0 aliphatic carbocycles. The van der Waals surface area contributed by atoms with E-state index in [1.165, 1.54) is 36.7 Å². The van der Waals surface area contributed by atoms with Gasteiger partial charge in [-0.25, -0.2) is 23.7 Å². The first kappa shape index (κ1) is 15.0. The largest absolute Gasteiger partial charge is 0.366 e. The van der Waals surface area contributed by atoms with Crippen molar-refractivity contribution < 1.29 is 13.2 Å². The van der Waals surface area contributed by atoms with Crippen molar-refractivity contribution in [3.8, 4) is 11.4 Å². The number of benzene rings is 1. The van der Waals surface area contributed by atoms with Gasteiger partial charge in [0, 0.05) is 36.1 Å². The SMILES string of the molecule is Fc1ccc(CNc2ccnc(-c3ccc(F)nc3)n2)c(F)c1. The summed E-state index contributed by atoms with van der Waals surface area (Å²) in [5.74, 6) is -1.02. The van der Waals surface area contributed by atoms with Gasteiger partial charge in [-0.3, -0.25) is 0 Å². The average Bonchev–Trinajstić information content (AvgIpc) is 2.55. The Balaban J connectivity index is 1.76. The van der Waals surface area contributed by atoms with Gasteiger partial charge in [0.25, 0.3) is 0 Å². The number of anilines is 1. The zero-order chi connectivity index (χ0) is 16.2. The second-order valence-electron chi connectivity index (χ2n) is 4.72. The third kappa shape index (κ3) is 3.63. The summed E-state index contributed by atoms with van der Waals surface area (Å²) in [6, 6.07) is 7.72. The Morgan fingerprint density at radius 3 is 2.57 bits per heavy atom. The number of pyridine rings is 1. The number of hydrogen-bond acceptors (Lipinski definition) is 4. The lowest BCUT2D eigenvalue weighted by molar-refractivity contribution is 0.574. The Labute approximate surface area is 130 Å². The van der Waals surface area contributed by atoms with E-state index >= 15 is 0 Å². The Morgan fingerprint density at radius 2 is 1.83 bits per heavy atom. The maximum absolute atomic E-state index is 13.6. The second-order valence-corrected chi connectivity index (χ2v) is 4.72. The lowest BCUT2D eigenvalue weighted by atomic mass is 10.2. The zero-order valence-corrected chi connectivity index (χ0v) is 11.8. The molecule has 116 valence electrons. The third-order valence-electron chi connectivity index (χ3n) is 3.12. The van der Waals surface area contributed by atoms with Crippen LogP contribution in [0.4, 0.5) is 19.0 Å². The second kappa shape index (κ2) is 6.43. The molecule has 0 radical (unpaired) electrons. The summed E-state index contributed by atoms with van der Waals surface area (Å²) in [7, 11) is 0. The van der Waals surface area contributed by atoms with Gasteiger partial charge in [-0.05, 0) is 24.3 Å². The van der Waals surface area contributed by atoms with Crippen LogP contribution in [0.25, 0.3) is 11.4 Å². The highest BCUT2D eigenvalue weighted by Crippen LogP contribution is 2.16. The molecule has 4 nitrogen and oxygen atoms in total. The maximum atomic E-state index is 13.6. The highest BCUT2D eigenvalue weighted by Gasteiger charge is 2.06. The Bertz CT molecular complexity index is 822. The van der Waals surface area contributed by atoms with Gasteiger partial charge in [0.1, 0.15) is 17.5 Å². The van der Waals surface area contributed by atoms with E-state index in [0.29, 0.717) is 22.8 Å². The van der Waals surface area contributed by atoms with Gasteiger partial charge in [-0.1, -0.05) is 6.07 Å². The molecule has 0 fully saturated rings. The Hall–Kier alpha value is -2.96. The van der Waals surface area contributed by atoms with E-state index in [-0.39, 0.29) is 6.54 Å². The minimum atomic E-state index is -0.630. The standard InChI is InChI=1S/C16H11F3N4/c17-12-3-1-10(13(18)7-12)8-22-15-5-6-20-16(23-15)11-2-4-14(19)21-9-11/h1-7,9H,8H2,(H,20,22,23). The van der Waals surface area contributed by atoms with Gasteiger partial charge in [0.15, 0.2) is 5.82 Å². The molecule has 0 bridgehead atoms. The first-order valence-electron chi connectivity index (χ1n) is 6.74. The molecular formula is C16H11F3N4. The van der Waals surface area contributed by atoms with Crippen molar-refractivity contribution >= 4 is 5.82 Å². The highest BCUT2D eigenvalue weighted by atomic mass is 19.1. The summed E-state index contributed by atoms with van der Waals surface area (Å²) in [5.41, 5.74) is 0.873. The van der Waals surface area contributed by atoms with Gasteiger partial charge in [0.2, 0.25) is 5.95 Å². The first-order chi connectivity index (χ1) is 11.1. The normalized spacial score (nSPS) is 10.6. The summed E-state index contributed by atoms with van der Waals surface area (Å²) < 4.78 is 39.3. The molecule has 3 rings (SSSR count). The van der Waals surface area contributed by atoms with Crippen molar-refractivity contribution in [1.29, 1.82) is 0 Å². The number of aromatic nitrogens is 3. The molecule has 0 aliphatic rings. The molecule has 0 saturated carbocycles. The summed E-state index contributed by atoms with van der Waals surface area (Å²) in [4.78, 5) is 11.9. The lowest BCUT2D eigenvalue weighted by Gasteiger charge is -2.08. The third-order valence-corrected chi connectivity index (χ3v) is 3.12. The van der Waals surface area contributed by atoms with Crippen LogP contribution in [-0.4, -0.2) is 15.0 Å². The van der Waals surface area contributed by atoms with E-state index in [0.717, 1.165) is 6.07 Å². The Morgan fingerprint density at radius 1 is 0.957 bits per heavy atom. The fourth-order valence-corrected chi connectivity index (χ4v) is 1.96. The molecule has 1 N–H and O–H groups in total. The summed E-state index contributed by atoms with van der Waals surface area (Å²) in [6.07, 6.45) is 2.85. The molecule has 7 heteroatoms. The van der Waals surface area contributed by atoms with Crippen molar-refractivity contribution in [2.45, 2.75) is 6.54 Å². The molecule has 1 aromatic carbocycles. The summed E-state index contributed by atoms with van der Waals surface area (Å²) in [5, 5.41) is 2.93. The molecule has 0 saturated heterocycles. The van der Waals surface area contributed by atoms with Gasteiger partial charge >= 0.3 is 0 Å². The van der Waals surface area contributed by atoms with Gasteiger partial charge in [-0.15, -0.1) is 0 Å². The monoisotopic (exact) mass is 316 g/mol. The number of hydrogen-bond donors (Lipinski definition) is 1. The van der Waals surface area contributed by atoms with Crippen LogP contribution in [0.2, 0.25) is 0 Å². The highest BCUT2D eigenvalue weighted by molar-refractivity contribution is 5.55. The lowest BCUT2D eigenvalue weighted by Crippen LogP contribution is -2.04. The number of nitrogens with one attached hydrogen (secondary N) is 1. The van der Waals surface area contributed by atoms with Crippen molar-refractivity contribution in [2.24, 2.45) is 0 Å². The van der Waals surface area contributed by atoms with Crippen molar-refractivity contribution in [3.63, 3.8) is 0 Å². The van der Waals surface area contributed by atoms with Crippen molar-refractivity contribution in [1.82, 2.24) is 15.0 Å². The fourth-order valence-electron chi connectivity index (χ4n) is 1.96. The van der Waals surface area contributed by atoms with Crippen LogP contribution in [0.15, 0.2) is 48.8 Å². The van der Waals surface area contributed by atoms with Crippen LogP contribution in [0.5, 0.6) is 0 Å². The van der Waals surface area contributed by atoms with E-state index in [1.807, 2.05) is 0 Å². The quantitative estimate of drug-likeness (QED) is 0.748. The predicted molar refractivity (Wildman–Crippen MR) is 78.9 cm³/mol. The van der Waals surface area contributed by atoms with Crippen LogP contribution in [0.3, 0.4) is 0 Å². The molecule has 2 aromatic heterocycles. The zero-order valence-electron chi connectivity index (χ0n) is 11.8. The minimum absolute atomic E-state index is 0.143. The van der Waals surface area contributed by atoms with Crippen LogP contribution in [0, 0.1) is 17.6 Å². The fraction of sp³-hybridized carbons (Fsp3) is 0.0625. The smallest absolute Gasteiger partial charge is 0.212 e. The maximum Gasteiger partial charge on any atom is 0.212 e. The molecular weight excluding hydrogens is 305 g/mol. The van der Waals surface area contributed by atoms with Gasteiger partial charge in [0.05, 0.1) is 0 Å². The van der Waals surface area contributed by atoms with E-state index in [9.17, 15) is 13.2 Å². The number of rotatable bonds is 4. The molecule has 0 amide bonds. The van der Waals surface area contributed by atoms with E-state index in [4.69, 9.17) is 0 Å². The first-order valence-corrected chi connectivity index (χ1v) is 6.74. The molecule has 23 heavy (non-hydrogen) atoms. The molecule has 3 aromatic rings. The minimum Gasteiger partial charge on any atom is -0.366 e. The molecule has 2 heterocycles. The van der Waals surface area contributed by atoms with E-state index in [2.05, 4.69) is 20.3 Å². The Kier molecular flexibility index (Phi) is 4.18. The van der Waals surface area contributed by atoms with Crippen LogP contribution in [0.1, 0.15) is 5.56 Å². The average molecular weight is 316 g/mol. The summed E-state index contributed by atoms with van der Waals surface area (Å²) >= 11 is 0. The molecule has 0 spiro atoms. The van der Waals surface area contributed by atoms with Crippen LogP contribution >= 0.6 is 0 Å². The molecule has 0 aliphatic heterocycles. The van der Waals surface area contributed by atoms with E-state index < -0.39 is 17.6 Å². The topological polar surface area (TPSA) is 50.7 Å². The van der Waals surface area contributed by atoms with Crippen molar-refractivity contribution in [3.05, 3.63) is 71.9 Å². The number of nitrogens with zero attached hydrogens (tertiary/aromatic N) is 3. The number of halogens is 3. The molecule has 0 atom stereocenters. The van der Waals surface area contributed by atoms with Crippen LogP contribution < -0.4 is 5.32 Å². The summed E-state index contributed by atoms with van der Waals surface area (Å²) in [6.45, 7) is 0.143. The van der Waals surface area contributed by atoms with Gasteiger partial charge in [-0.2, -0.15) is 4.39 Å². The van der Waals surface area contributed by atoms with E-state index in [1.54, 1.807) is 6.07 Å². The molecule has 0 unspecified atom stereocenters. The van der Waals surface area contributed by atoms with Gasteiger partial charge < -0.3 is 5.32 Å².